The van der Waals surface area contributed by atoms with E-state index in [4.69, 9.17) is 0 Å². The summed E-state index contributed by atoms with van der Waals surface area (Å²) in [6.07, 6.45) is 1.03. The van der Waals surface area contributed by atoms with Crippen LogP contribution in [0.3, 0.4) is 0 Å². The summed E-state index contributed by atoms with van der Waals surface area (Å²) in [5, 5.41) is 3.29. The van der Waals surface area contributed by atoms with Crippen LogP contribution < -0.4 is 10.0 Å². The van der Waals surface area contributed by atoms with Crippen molar-refractivity contribution in [3.8, 4) is 0 Å². The minimum Gasteiger partial charge on any atom is -0.385 e. The Labute approximate surface area is 123 Å². The summed E-state index contributed by atoms with van der Waals surface area (Å²) in [7, 11) is -3.49. The molecule has 0 aromatic heterocycles. The number of benzene rings is 1. The van der Waals surface area contributed by atoms with Crippen molar-refractivity contribution in [2.45, 2.75) is 58.4 Å². The summed E-state index contributed by atoms with van der Waals surface area (Å²) in [5.74, 6) is 0. The first-order chi connectivity index (χ1) is 9.07. The van der Waals surface area contributed by atoms with Crippen LogP contribution in [0.25, 0.3) is 0 Å². The molecular formula is C15H26N2O2S. The first-order valence-corrected chi connectivity index (χ1v) is 8.44. The Morgan fingerprint density at radius 3 is 2.00 bits per heavy atom. The summed E-state index contributed by atoms with van der Waals surface area (Å²) < 4.78 is 27.7. The third kappa shape index (κ3) is 4.49. The molecule has 0 fully saturated rings. The topological polar surface area (TPSA) is 58.2 Å². The number of nitrogens with one attached hydrogen (secondary N) is 2. The fraction of sp³-hybridized carbons (Fsp3) is 0.600. The van der Waals surface area contributed by atoms with E-state index in [0.29, 0.717) is 4.90 Å². The van der Waals surface area contributed by atoms with Gasteiger partial charge in [-0.05, 0) is 64.3 Å². The van der Waals surface area contributed by atoms with E-state index in [9.17, 15) is 8.42 Å². The lowest BCUT2D eigenvalue weighted by atomic mass is 10.1. The highest BCUT2D eigenvalue weighted by Gasteiger charge is 2.25. The first-order valence-electron chi connectivity index (χ1n) is 6.96. The minimum atomic E-state index is -3.49. The highest BCUT2D eigenvalue weighted by Crippen LogP contribution is 2.25. The zero-order valence-electron chi connectivity index (χ0n) is 13.3. The van der Waals surface area contributed by atoms with Crippen LogP contribution >= 0.6 is 0 Å². The van der Waals surface area contributed by atoms with Crippen LogP contribution in [0.4, 0.5) is 5.69 Å². The largest absolute Gasteiger partial charge is 0.385 e. The second kappa shape index (κ2) is 6.14. The predicted octanol–water partition coefficient (Wildman–Crippen LogP) is 3.20. The maximum atomic E-state index is 12.5. The van der Waals surface area contributed by atoms with Gasteiger partial charge >= 0.3 is 0 Å². The van der Waals surface area contributed by atoms with Gasteiger partial charge < -0.3 is 5.32 Å². The van der Waals surface area contributed by atoms with Gasteiger partial charge in [0.2, 0.25) is 10.0 Å². The van der Waals surface area contributed by atoms with Crippen molar-refractivity contribution in [2.75, 3.05) is 11.9 Å². The van der Waals surface area contributed by atoms with Gasteiger partial charge in [-0.25, -0.2) is 13.1 Å². The molecule has 114 valence electrons. The summed E-state index contributed by atoms with van der Waals surface area (Å²) >= 11 is 0. The number of sulfonamides is 1. The fourth-order valence-electron chi connectivity index (χ4n) is 2.20. The van der Waals surface area contributed by atoms with Gasteiger partial charge in [-0.15, -0.1) is 0 Å². The van der Waals surface area contributed by atoms with Crippen molar-refractivity contribution in [3.63, 3.8) is 0 Å². The normalized spacial score (nSPS) is 12.5. The molecule has 1 aromatic carbocycles. The average molecular weight is 298 g/mol. The molecule has 1 rings (SSSR count). The van der Waals surface area contributed by atoms with Crippen molar-refractivity contribution in [2.24, 2.45) is 0 Å². The molecule has 0 unspecified atom stereocenters. The van der Waals surface area contributed by atoms with E-state index < -0.39 is 15.6 Å². The van der Waals surface area contributed by atoms with E-state index >= 15 is 0 Å². The smallest absolute Gasteiger partial charge is 0.241 e. The van der Waals surface area contributed by atoms with Crippen LogP contribution in [0.1, 0.15) is 45.2 Å². The Bertz CT molecular complexity index is 549. The maximum Gasteiger partial charge on any atom is 0.241 e. The molecular weight excluding hydrogens is 272 g/mol. The number of anilines is 1. The van der Waals surface area contributed by atoms with E-state index in [1.165, 1.54) is 0 Å². The van der Waals surface area contributed by atoms with Crippen molar-refractivity contribution in [1.29, 1.82) is 0 Å². The van der Waals surface area contributed by atoms with Crippen molar-refractivity contribution in [1.82, 2.24) is 4.72 Å². The van der Waals surface area contributed by atoms with Gasteiger partial charge in [-0.1, -0.05) is 6.92 Å². The fourth-order valence-corrected chi connectivity index (χ4v) is 4.07. The molecule has 0 spiro atoms. The standard InChI is InChI=1S/C15H26N2O2S/c1-7-8-16-13-9-11(2)14(12(3)10-13)20(18,19)17-15(4,5)6/h9-10,16-17H,7-8H2,1-6H3. The Morgan fingerprint density at radius 1 is 1.10 bits per heavy atom. The molecule has 0 atom stereocenters. The Morgan fingerprint density at radius 2 is 1.60 bits per heavy atom. The molecule has 20 heavy (non-hydrogen) atoms. The quantitative estimate of drug-likeness (QED) is 0.877. The SMILES string of the molecule is CCCNc1cc(C)c(S(=O)(=O)NC(C)(C)C)c(C)c1. The molecule has 4 nitrogen and oxygen atoms in total. The molecule has 5 heteroatoms. The van der Waals surface area contributed by atoms with Gasteiger partial charge in [0.05, 0.1) is 4.90 Å². The van der Waals surface area contributed by atoms with Crippen LogP contribution in [0, 0.1) is 13.8 Å². The Balaban J connectivity index is 3.20. The molecule has 1 aromatic rings. The summed E-state index contributed by atoms with van der Waals surface area (Å²) in [5.41, 5.74) is 2.01. The highest BCUT2D eigenvalue weighted by molar-refractivity contribution is 7.89. The van der Waals surface area contributed by atoms with Gasteiger partial charge in [0.25, 0.3) is 0 Å². The lowest BCUT2D eigenvalue weighted by molar-refractivity contribution is 0.491. The Hall–Kier alpha value is -1.07. The van der Waals surface area contributed by atoms with E-state index in [0.717, 1.165) is 29.8 Å². The number of hydrogen-bond donors (Lipinski definition) is 2. The van der Waals surface area contributed by atoms with E-state index in [1.807, 2.05) is 46.8 Å². The van der Waals surface area contributed by atoms with Gasteiger partial charge in [0.15, 0.2) is 0 Å². The lowest BCUT2D eigenvalue weighted by Gasteiger charge is -2.22. The number of aryl methyl sites for hydroxylation is 2. The van der Waals surface area contributed by atoms with Crippen LogP contribution in [-0.2, 0) is 10.0 Å². The molecule has 0 saturated carbocycles. The Kier molecular flexibility index (Phi) is 5.21. The van der Waals surface area contributed by atoms with Gasteiger partial charge in [0, 0.05) is 17.8 Å². The summed E-state index contributed by atoms with van der Waals surface area (Å²) in [6, 6.07) is 3.78. The third-order valence-corrected chi connectivity index (χ3v) is 4.81. The summed E-state index contributed by atoms with van der Waals surface area (Å²) in [4.78, 5) is 0.384. The van der Waals surface area contributed by atoms with Gasteiger partial charge in [0.1, 0.15) is 0 Å². The number of rotatable bonds is 5. The second-order valence-corrected chi connectivity index (χ2v) is 7.84. The molecule has 0 amide bonds. The zero-order chi connectivity index (χ0) is 15.6. The van der Waals surface area contributed by atoms with Crippen LogP contribution in [-0.4, -0.2) is 20.5 Å². The molecule has 0 radical (unpaired) electrons. The zero-order valence-corrected chi connectivity index (χ0v) is 14.1. The second-order valence-electron chi connectivity index (χ2n) is 6.22. The highest BCUT2D eigenvalue weighted by atomic mass is 32.2. The molecule has 0 saturated heterocycles. The van der Waals surface area contributed by atoms with E-state index in [1.54, 1.807) is 0 Å². The summed E-state index contributed by atoms with van der Waals surface area (Å²) in [6.45, 7) is 12.2. The molecule has 0 aliphatic carbocycles. The van der Waals surface area contributed by atoms with E-state index in [-0.39, 0.29) is 0 Å². The first kappa shape index (κ1) is 17.0. The number of hydrogen-bond acceptors (Lipinski definition) is 3. The van der Waals surface area contributed by atoms with E-state index in [2.05, 4.69) is 17.0 Å². The van der Waals surface area contributed by atoms with Crippen molar-refractivity contribution >= 4 is 15.7 Å². The molecule has 0 bridgehead atoms. The van der Waals surface area contributed by atoms with Crippen LogP contribution in [0.5, 0.6) is 0 Å². The monoisotopic (exact) mass is 298 g/mol. The average Bonchev–Trinajstić information content (AvgIpc) is 2.21. The van der Waals surface area contributed by atoms with Gasteiger partial charge in [-0.3, -0.25) is 0 Å². The lowest BCUT2D eigenvalue weighted by Crippen LogP contribution is -2.41. The molecule has 2 N–H and O–H groups in total. The van der Waals surface area contributed by atoms with Gasteiger partial charge in [-0.2, -0.15) is 0 Å². The van der Waals surface area contributed by atoms with Crippen molar-refractivity contribution in [3.05, 3.63) is 23.3 Å². The minimum absolute atomic E-state index is 0.384. The van der Waals surface area contributed by atoms with Crippen LogP contribution in [0.2, 0.25) is 0 Å². The maximum absolute atomic E-state index is 12.5. The third-order valence-electron chi connectivity index (χ3n) is 2.75. The van der Waals surface area contributed by atoms with Crippen molar-refractivity contribution < 1.29 is 8.42 Å². The predicted molar refractivity (Wildman–Crippen MR) is 84.8 cm³/mol. The molecule has 0 aliphatic heterocycles. The van der Waals surface area contributed by atoms with Crippen LogP contribution in [0.15, 0.2) is 17.0 Å². The molecule has 0 aliphatic rings. The molecule has 0 heterocycles.